The van der Waals surface area contributed by atoms with Crippen molar-refractivity contribution in [3.05, 3.63) is 83.0 Å². The van der Waals surface area contributed by atoms with Crippen LogP contribution in [0.3, 0.4) is 0 Å². The van der Waals surface area contributed by atoms with Gasteiger partial charge in [-0.3, -0.25) is 0 Å². The van der Waals surface area contributed by atoms with Crippen LogP contribution < -0.4 is 5.11 Å². The molecule has 0 spiro atoms. The summed E-state index contributed by atoms with van der Waals surface area (Å²) in [5.74, 6) is -1.02. The molecule has 25 heavy (non-hydrogen) atoms. The summed E-state index contributed by atoms with van der Waals surface area (Å²) in [5, 5.41) is 11.5. The lowest BCUT2D eigenvalue weighted by Crippen LogP contribution is -2.23. The molecule has 3 rings (SSSR count). The minimum atomic E-state index is -1.02. The lowest BCUT2D eigenvalue weighted by molar-refractivity contribution is -0.305. The van der Waals surface area contributed by atoms with Crippen LogP contribution in [-0.4, -0.2) is 10.5 Å². The molecule has 0 N–H and O–H groups in total. The Hall–Kier alpha value is -2.52. The second-order valence-corrected chi connectivity index (χ2v) is 6.41. The SMILES string of the molecule is O=C([O-])CCc1ccc(-c2ccc(Cl)cc2)n1CCc1ccccc1. The average molecular weight is 353 g/mol. The fourth-order valence-electron chi connectivity index (χ4n) is 2.98. The molecule has 1 heterocycles. The zero-order valence-corrected chi connectivity index (χ0v) is 14.6. The first kappa shape index (κ1) is 17.3. The minimum Gasteiger partial charge on any atom is -0.550 e. The molecule has 0 radical (unpaired) electrons. The van der Waals surface area contributed by atoms with Crippen molar-refractivity contribution in [1.82, 2.24) is 4.57 Å². The lowest BCUT2D eigenvalue weighted by Gasteiger charge is -2.14. The highest BCUT2D eigenvalue weighted by Gasteiger charge is 2.10. The molecule has 128 valence electrons. The first-order valence-corrected chi connectivity index (χ1v) is 8.69. The second kappa shape index (κ2) is 8.04. The maximum atomic E-state index is 10.8. The van der Waals surface area contributed by atoms with Gasteiger partial charge in [0.1, 0.15) is 0 Å². The highest BCUT2D eigenvalue weighted by Crippen LogP contribution is 2.25. The van der Waals surface area contributed by atoms with E-state index < -0.39 is 5.97 Å². The number of hydrogen-bond donors (Lipinski definition) is 0. The van der Waals surface area contributed by atoms with E-state index in [1.807, 2.05) is 54.6 Å². The van der Waals surface area contributed by atoms with E-state index in [9.17, 15) is 9.90 Å². The number of aliphatic carboxylic acids is 1. The van der Waals surface area contributed by atoms with Crippen LogP contribution in [0.4, 0.5) is 0 Å². The second-order valence-electron chi connectivity index (χ2n) is 5.98. The number of halogens is 1. The summed E-state index contributed by atoms with van der Waals surface area (Å²) in [5.41, 5.74) is 4.40. The van der Waals surface area contributed by atoms with Crippen molar-refractivity contribution in [3.8, 4) is 11.3 Å². The topological polar surface area (TPSA) is 45.1 Å². The molecule has 2 aromatic carbocycles. The molecule has 0 saturated heterocycles. The maximum Gasteiger partial charge on any atom is 0.0482 e. The normalized spacial score (nSPS) is 10.8. The van der Waals surface area contributed by atoms with Crippen LogP contribution >= 0.6 is 11.6 Å². The molecule has 0 aliphatic rings. The van der Waals surface area contributed by atoms with Gasteiger partial charge in [-0.25, -0.2) is 0 Å². The van der Waals surface area contributed by atoms with Gasteiger partial charge in [0.05, 0.1) is 0 Å². The highest BCUT2D eigenvalue weighted by molar-refractivity contribution is 6.30. The van der Waals surface area contributed by atoms with Crippen molar-refractivity contribution in [1.29, 1.82) is 0 Å². The van der Waals surface area contributed by atoms with Gasteiger partial charge < -0.3 is 14.5 Å². The number of aryl methyl sites for hydroxylation is 2. The molecule has 0 amide bonds. The molecule has 0 bridgehead atoms. The standard InChI is InChI=1S/C21H20ClNO2/c22-18-8-6-17(7-9-18)20-12-10-19(11-13-21(24)25)23(20)15-14-16-4-2-1-3-5-16/h1-10,12H,11,13-15H2,(H,24,25)/p-1. The van der Waals surface area contributed by atoms with E-state index in [1.165, 1.54) is 5.56 Å². The van der Waals surface area contributed by atoms with Gasteiger partial charge in [0.25, 0.3) is 0 Å². The van der Waals surface area contributed by atoms with Crippen molar-refractivity contribution in [2.75, 3.05) is 0 Å². The van der Waals surface area contributed by atoms with Crippen LogP contribution in [0.2, 0.25) is 5.02 Å². The average Bonchev–Trinajstić information content (AvgIpc) is 3.02. The zero-order valence-electron chi connectivity index (χ0n) is 13.8. The van der Waals surface area contributed by atoms with Gasteiger partial charge in [0.15, 0.2) is 0 Å². The van der Waals surface area contributed by atoms with E-state index in [-0.39, 0.29) is 6.42 Å². The summed E-state index contributed by atoms with van der Waals surface area (Å²) in [6, 6.07) is 22.0. The molecule has 3 nitrogen and oxygen atoms in total. The van der Waals surface area contributed by atoms with Crippen molar-refractivity contribution in [2.45, 2.75) is 25.8 Å². The van der Waals surface area contributed by atoms with Crippen LogP contribution in [0.5, 0.6) is 0 Å². The molecule has 0 aliphatic carbocycles. The van der Waals surface area contributed by atoms with Crippen molar-refractivity contribution < 1.29 is 9.90 Å². The monoisotopic (exact) mass is 352 g/mol. The molecule has 0 unspecified atom stereocenters. The van der Waals surface area contributed by atoms with Crippen LogP contribution in [0.15, 0.2) is 66.7 Å². The maximum absolute atomic E-state index is 10.8. The van der Waals surface area contributed by atoms with Crippen LogP contribution in [0, 0.1) is 0 Å². The van der Waals surface area contributed by atoms with Crippen LogP contribution in [0.25, 0.3) is 11.3 Å². The summed E-state index contributed by atoms with van der Waals surface area (Å²) in [7, 11) is 0. The van der Waals surface area contributed by atoms with Gasteiger partial charge in [-0.1, -0.05) is 54.1 Å². The Balaban J connectivity index is 1.88. The van der Waals surface area contributed by atoms with Crippen LogP contribution in [-0.2, 0) is 24.2 Å². The number of hydrogen-bond acceptors (Lipinski definition) is 2. The van der Waals surface area contributed by atoms with Gasteiger partial charge in [-0.15, -0.1) is 0 Å². The van der Waals surface area contributed by atoms with Gasteiger partial charge in [-0.2, -0.15) is 0 Å². The summed E-state index contributed by atoms with van der Waals surface area (Å²) < 4.78 is 2.19. The number of aromatic nitrogens is 1. The van der Waals surface area contributed by atoms with Crippen molar-refractivity contribution in [3.63, 3.8) is 0 Å². The Morgan fingerprint density at radius 1 is 0.920 bits per heavy atom. The number of benzene rings is 2. The Kier molecular flexibility index (Phi) is 5.56. The lowest BCUT2D eigenvalue weighted by atomic mass is 10.1. The Morgan fingerprint density at radius 2 is 1.64 bits per heavy atom. The fourth-order valence-corrected chi connectivity index (χ4v) is 3.11. The Morgan fingerprint density at radius 3 is 2.32 bits per heavy atom. The number of carboxylic acid groups (broad SMARTS) is 1. The highest BCUT2D eigenvalue weighted by atomic mass is 35.5. The molecule has 0 atom stereocenters. The summed E-state index contributed by atoms with van der Waals surface area (Å²) in [4.78, 5) is 10.8. The van der Waals surface area contributed by atoms with Gasteiger partial charge in [-0.05, 0) is 54.7 Å². The zero-order chi connectivity index (χ0) is 17.6. The molecule has 0 fully saturated rings. The van der Waals surface area contributed by atoms with Crippen LogP contribution in [0.1, 0.15) is 17.7 Å². The summed E-state index contributed by atoms with van der Waals surface area (Å²) in [6.07, 6.45) is 1.37. The largest absolute Gasteiger partial charge is 0.550 e. The van der Waals surface area contributed by atoms with Gasteiger partial charge in [0, 0.05) is 28.9 Å². The third kappa shape index (κ3) is 4.52. The Bertz CT molecular complexity index is 838. The van der Waals surface area contributed by atoms with Gasteiger partial charge in [0.2, 0.25) is 0 Å². The quantitative estimate of drug-likeness (QED) is 0.650. The molecule has 0 saturated carbocycles. The predicted octanol–water partition coefficient (Wildman–Crippen LogP) is 3.73. The minimum absolute atomic E-state index is 0.0232. The van der Waals surface area contributed by atoms with E-state index in [2.05, 4.69) is 16.7 Å². The third-order valence-electron chi connectivity index (χ3n) is 4.26. The number of carbonyl (C=O) groups excluding carboxylic acids is 1. The molecular formula is C21H19ClNO2-. The number of carbonyl (C=O) groups is 1. The summed E-state index contributed by atoms with van der Waals surface area (Å²) in [6.45, 7) is 0.789. The predicted molar refractivity (Wildman–Crippen MR) is 98.4 cm³/mol. The van der Waals surface area contributed by atoms with E-state index in [4.69, 9.17) is 11.6 Å². The van der Waals surface area contributed by atoms with Gasteiger partial charge >= 0.3 is 0 Å². The number of nitrogens with zero attached hydrogens (tertiary/aromatic N) is 1. The fraction of sp³-hybridized carbons (Fsp3) is 0.190. The molecule has 4 heteroatoms. The summed E-state index contributed by atoms with van der Waals surface area (Å²) >= 11 is 5.99. The molecule has 1 aromatic heterocycles. The van der Waals surface area contributed by atoms with E-state index in [0.717, 1.165) is 29.9 Å². The molecular weight excluding hydrogens is 334 g/mol. The van der Waals surface area contributed by atoms with E-state index >= 15 is 0 Å². The molecule has 0 aliphatic heterocycles. The van der Waals surface area contributed by atoms with E-state index in [0.29, 0.717) is 11.4 Å². The first-order valence-electron chi connectivity index (χ1n) is 8.31. The van der Waals surface area contributed by atoms with Crippen molar-refractivity contribution >= 4 is 17.6 Å². The smallest absolute Gasteiger partial charge is 0.0482 e. The molecule has 3 aromatic rings. The third-order valence-corrected chi connectivity index (χ3v) is 4.52. The number of carboxylic acids is 1. The van der Waals surface area contributed by atoms with E-state index in [1.54, 1.807) is 0 Å². The number of rotatable bonds is 7. The van der Waals surface area contributed by atoms with Crippen molar-refractivity contribution in [2.24, 2.45) is 0 Å². The first-order chi connectivity index (χ1) is 12.1. The Labute approximate surface area is 152 Å².